The van der Waals surface area contributed by atoms with Gasteiger partial charge in [-0.3, -0.25) is 4.79 Å². The summed E-state index contributed by atoms with van der Waals surface area (Å²) in [5.41, 5.74) is 1.34. The average Bonchev–Trinajstić information content (AvgIpc) is 2.79. The minimum atomic E-state index is -0.184. The average molecular weight is 478 g/mol. The number of rotatable bonds is 6. The van der Waals surface area contributed by atoms with Crippen molar-refractivity contribution in [2.75, 3.05) is 6.61 Å². The summed E-state index contributed by atoms with van der Waals surface area (Å²) in [5, 5.41) is 7.27. The van der Waals surface area contributed by atoms with Gasteiger partial charge in [0.15, 0.2) is 0 Å². The zero-order valence-electron chi connectivity index (χ0n) is 17.8. The van der Waals surface area contributed by atoms with Gasteiger partial charge in [-0.2, -0.15) is 9.78 Å². The maximum atomic E-state index is 13.4. The van der Waals surface area contributed by atoms with E-state index in [-0.39, 0.29) is 11.5 Å². The van der Waals surface area contributed by atoms with Gasteiger partial charge in [0.05, 0.1) is 23.7 Å². The first-order valence-electron chi connectivity index (χ1n) is 10.4. The number of hydrogen-bond acceptors (Lipinski definition) is 4. The fourth-order valence-electron chi connectivity index (χ4n) is 3.58. The third-order valence-electron chi connectivity index (χ3n) is 5.42. The zero-order valence-corrected chi connectivity index (χ0v) is 19.4. The molecule has 3 aromatic carbocycles. The standard InChI is InChI=1S/C25H24BrN3O2/c1-4-16(3)24-28-22-12-11-18(26)14-20(22)25(30)29(24)27-15-21-19-9-7-6-8-17(19)10-13-23(21)31-5-2/h6-16H,4-5H2,1-3H3/t16-/m1/s1. The van der Waals surface area contributed by atoms with Crippen LogP contribution in [-0.2, 0) is 0 Å². The maximum Gasteiger partial charge on any atom is 0.282 e. The molecule has 0 radical (unpaired) electrons. The van der Waals surface area contributed by atoms with Crippen molar-refractivity contribution in [1.82, 2.24) is 9.66 Å². The third-order valence-corrected chi connectivity index (χ3v) is 5.91. The minimum Gasteiger partial charge on any atom is -0.493 e. The lowest BCUT2D eigenvalue weighted by Crippen LogP contribution is -2.23. The van der Waals surface area contributed by atoms with Gasteiger partial charge in [0.2, 0.25) is 0 Å². The molecule has 0 unspecified atom stereocenters. The lowest BCUT2D eigenvalue weighted by molar-refractivity contribution is 0.340. The van der Waals surface area contributed by atoms with Crippen molar-refractivity contribution in [3.8, 4) is 5.75 Å². The maximum absolute atomic E-state index is 13.4. The summed E-state index contributed by atoms with van der Waals surface area (Å²) in [7, 11) is 0. The Labute approximate surface area is 189 Å². The SMILES string of the molecule is CCOc1ccc2ccccc2c1C=Nn1c([C@H](C)CC)nc2ccc(Br)cc2c1=O. The molecule has 0 aliphatic rings. The second-order valence-corrected chi connectivity index (χ2v) is 8.35. The molecule has 0 saturated heterocycles. The van der Waals surface area contributed by atoms with E-state index in [2.05, 4.69) is 34.9 Å². The summed E-state index contributed by atoms with van der Waals surface area (Å²) >= 11 is 3.45. The zero-order chi connectivity index (χ0) is 22.0. The summed E-state index contributed by atoms with van der Waals surface area (Å²) in [6.45, 7) is 6.63. The van der Waals surface area contributed by atoms with Crippen LogP contribution in [0.5, 0.6) is 5.75 Å². The van der Waals surface area contributed by atoms with Gasteiger partial charge in [-0.1, -0.05) is 60.1 Å². The number of nitrogens with zero attached hydrogens (tertiary/aromatic N) is 3. The number of halogens is 1. The van der Waals surface area contributed by atoms with Crippen LogP contribution < -0.4 is 10.3 Å². The quantitative estimate of drug-likeness (QED) is 0.315. The van der Waals surface area contributed by atoms with Crippen molar-refractivity contribution in [2.45, 2.75) is 33.1 Å². The Balaban J connectivity index is 1.95. The van der Waals surface area contributed by atoms with Gasteiger partial charge in [-0.05, 0) is 48.4 Å². The number of fused-ring (bicyclic) bond motifs is 2. The molecule has 31 heavy (non-hydrogen) atoms. The number of ether oxygens (including phenoxy) is 1. The van der Waals surface area contributed by atoms with Crippen LogP contribution in [0.4, 0.5) is 0 Å². The molecule has 0 N–H and O–H groups in total. The predicted octanol–water partition coefficient (Wildman–Crippen LogP) is 6.11. The highest BCUT2D eigenvalue weighted by Gasteiger charge is 2.16. The van der Waals surface area contributed by atoms with Crippen molar-refractivity contribution in [3.63, 3.8) is 0 Å². The Morgan fingerprint density at radius 2 is 1.94 bits per heavy atom. The van der Waals surface area contributed by atoms with Crippen molar-refractivity contribution >= 4 is 43.8 Å². The molecule has 1 aromatic heterocycles. The molecule has 0 saturated carbocycles. The van der Waals surface area contributed by atoms with Crippen LogP contribution in [0, 0.1) is 0 Å². The molecule has 4 aromatic rings. The Morgan fingerprint density at radius 3 is 2.71 bits per heavy atom. The van der Waals surface area contributed by atoms with Gasteiger partial charge in [0, 0.05) is 16.0 Å². The smallest absolute Gasteiger partial charge is 0.282 e. The van der Waals surface area contributed by atoms with E-state index in [0.717, 1.165) is 33.0 Å². The van der Waals surface area contributed by atoms with Gasteiger partial charge in [-0.15, -0.1) is 0 Å². The third kappa shape index (κ3) is 4.12. The van der Waals surface area contributed by atoms with E-state index in [1.54, 1.807) is 12.3 Å². The molecule has 1 atom stereocenters. The van der Waals surface area contributed by atoms with Crippen LogP contribution in [-0.4, -0.2) is 22.5 Å². The molecule has 0 spiro atoms. The monoisotopic (exact) mass is 477 g/mol. The lowest BCUT2D eigenvalue weighted by Gasteiger charge is -2.14. The van der Waals surface area contributed by atoms with Crippen LogP contribution in [0.2, 0.25) is 0 Å². The van der Waals surface area contributed by atoms with Crippen LogP contribution in [0.15, 0.2) is 69.0 Å². The second-order valence-electron chi connectivity index (χ2n) is 7.43. The van der Waals surface area contributed by atoms with Gasteiger partial charge in [0.25, 0.3) is 5.56 Å². The molecule has 5 nitrogen and oxygen atoms in total. The summed E-state index contributed by atoms with van der Waals surface area (Å²) < 4.78 is 8.11. The van der Waals surface area contributed by atoms with E-state index in [9.17, 15) is 4.79 Å². The Kier molecular flexibility index (Phi) is 6.18. The molecule has 1 heterocycles. The van der Waals surface area contributed by atoms with Gasteiger partial charge >= 0.3 is 0 Å². The molecule has 4 rings (SSSR count). The first-order valence-corrected chi connectivity index (χ1v) is 11.2. The summed E-state index contributed by atoms with van der Waals surface area (Å²) in [5.74, 6) is 1.47. The molecule has 0 fully saturated rings. The highest BCUT2D eigenvalue weighted by Crippen LogP contribution is 2.27. The van der Waals surface area contributed by atoms with E-state index < -0.39 is 0 Å². The molecule has 0 aliphatic carbocycles. The normalized spacial score (nSPS) is 12.6. The minimum absolute atomic E-state index is 0.0803. The molecule has 0 aliphatic heterocycles. The topological polar surface area (TPSA) is 56.5 Å². The fourth-order valence-corrected chi connectivity index (χ4v) is 3.95. The molecule has 0 bridgehead atoms. The predicted molar refractivity (Wildman–Crippen MR) is 131 cm³/mol. The summed E-state index contributed by atoms with van der Waals surface area (Å²) in [6.07, 6.45) is 2.56. The molecular formula is C25H24BrN3O2. The summed E-state index contributed by atoms with van der Waals surface area (Å²) in [6, 6.07) is 17.6. The van der Waals surface area contributed by atoms with Crippen LogP contribution in [0.25, 0.3) is 21.7 Å². The largest absolute Gasteiger partial charge is 0.493 e. The summed E-state index contributed by atoms with van der Waals surface area (Å²) in [4.78, 5) is 18.2. The van der Waals surface area contributed by atoms with Crippen molar-refractivity contribution < 1.29 is 4.74 Å². The Bertz CT molecular complexity index is 1340. The lowest BCUT2D eigenvalue weighted by atomic mass is 10.0. The highest BCUT2D eigenvalue weighted by atomic mass is 79.9. The molecule has 0 amide bonds. The van der Waals surface area contributed by atoms with Crippen LogP contribution >= 0.6 is 15.9 Å². The first kappa shape index (κ1) is 21.2. The molecular weight excluding hydrogens is 454 g/mol. The Morgan fingerprint density at radius 1 is 1.13 bits per heavy atom. The Hall–Kier alpha value is -2.99. The number of benzene rings is 3. The van der Waals surface area contributed by atoms with E-state index in [1.807, 2.05) is 55.5 Å². The van der Waals surface area contributed by atoms with Crippen molar-refractivity contribution in [1.29, 1.82) is 0 Å². The van der Waals surface area contributed by atoms with E-state index in [4.69, 9.17) is 9.72 Å². The second kappa shape index (κ2) is 9.02. The van der Waals surface area contributed by atoms with Crippen LogP contribution in [0.3, 0.4) is 0 Å². The van der Waals surface area contributed by atoms with Gasteiger partial charge in [-0.25, -0.2) is 4.98 Å². The van der Waals surface area contributed by atoms with Crippen LogP contribution in [0.1, 0.15) is 44.5 Å². The fraction of sp³-hybridized carbons (Fsp3) is 0.240. The first-order chi connectivity index (χ1) is 15.0. The van der Waals surface area contributed by atoms with E-state index in [1.165, 1.54) is 4.68 Å². The number of aromatic nitrogens is 2. The van der Waals surface area contributed by atoms with E-state index in [0.29, 0.717) is 23.3 Å². The molecule has 6 heteroatoms. The van der Waals surface area contributed by atoms with E-state index >= 15 is 0 Å². The molecule has 158 valence electrons. The number of hydrogen-bond donors (Lipinski definition) is 0. The van der Waals surface area contributed by atoms with Crippen molar-refractivity contribution in [2.24, 2.45) is 5.10 Å². The van der Waals surface area contributed by atoms with Gasteiger partial charge < -0.3 is 4.74 Å². The van der Waals surface area contributed by atoms with Crippen molar-refractivity contribution in [3.05, 3.63) is 80.8 Å². The van der Waals surface area contributed by atoms with Gasteiger partial charge in [0.1, 0.15) is 11.6 Å². The highest BCUT2D eigenvalue weighted by molar-refractivity contribution is 9.10.